The quantitative estimate of drug-likeness (QED) is 0.808. The summed E-state index contributed by atoms with van der Waals surface area (Å²) in [5.74, 6) is -2.98. The lowest BCUT2D eigenvalue weighted by Crippen LogP contribution is -2.08. The molecule has 0 saturated heterocycles. The molecule has 0 radical (unpaired) electrons. The van der Waals surface area contributed by atoms with E-state index >= 15 is 0 Å². The minimum Gasteiger partial charge on any atom is -0.504 e. The maximum atomic E-state index is 13.0. The molecule has 0 fully saturated rings. The van der Waals surface area contributed by atoms with Crippen LogP contribution < -0.4 is 0 Å². The third kappa shape index (κ3) is 2.62. The van der Waals surface area contributed by atoms with Crippen molar-refractivity contribution in [2.45, 2.75) is 12.8 Å². The van der Waals surface area contributed by atoms with E-state index in [1.54, 1.807) is 0 Å². The number of ether oxygens (including phenoxy) is 1. The van der Waals surface area contributed by atoms with Gasteiger partial charge in [0.15, 0.2) is 11.6 Å². The number of methoxy groups -OCH3 is 1. The number of aromatic hydroxyl groups is 1. The Morgan fingerprint density at radius 2 is 2.25 bits per heavy atom. The molecule has 0 aliphatic carbocycles. The summed E-state index contributed by atoms with van der Waals surface area (Å²) in [6.07, 6.45) is -3.55. The van der Waals surface area contributed by atoms with Gasteiger partial charge in [0, 0.05) is 6.07 Å². The third-order valence-corrected chi connectivity index (χ3v) is 1.80. The predicted molar refractivity (Wildman–Crippen MR) is 46.5 cm³/mol. The van der Waals surface area contributed by atoms with Crippen LogP contribution in [-0.4, -0.2) is 23.2 Å². The smallest absolute Gasteiger partial charge is 0.311 e. The maximum Gasteiger partial charge on any atom is 0.311 e. The van der Waals surface area contributed by atoms with E-state index in [0.29, 0.717) is 6.07 Å². The number of carbonyl (C=O) groups excluding carboxylic acids is 1. The second-order valence-corrected chi connectivity index (χ2v) is 2.88. The van der Waals surface area contributed by atoms with Crippen molar-refractivity contribution in [1.82, 2.24) is 4.98 Å². The molecule has 0 amide bonds. The highest BCUT2D eigenvalue weighted by Crippen LogP contribution is 2.25. The molecule has 0 bridgehead atoms. The summed E-state index contributed by atoms with van der Waals surface area (Å²) in [6.45, 7) is 0. The van der Waals surface area contributed by atoms with Crippen LogP contribution in [-0.2, 0) is 16.0 Å². The standard InChI is InChI=1S/C9H8F3NO3/c1-16-7(14)3-5-8(15)4(10)2-6(13-5)9(11)12/h2,9,15H,3H2,1H3. The first-order chi connectivity index (χ1) is 7.45. The number of hydrogen-bond acceptors (Lipinski definition) is 4. The summed E-state index contributed by atoms with van der Waals surface area (Å²) in [6, 6.07) is 0.417. The van der Waals surface area contributed by atoms with E-state index in [9.17, 15) is 18.0 Å². The van der Waals surface area contributed by atoms with Crippen LogP contribution in [0.2, 0.25) is 0 Å². The summed E-state index contributed by atoms with van der Waals surface area (Å²) in [4.78, 5) is 14.1. The summed E-state index contributed by atoms with van der Waals surface area (Å²) in [5.41, 5.74) is -1.31. The number of alkyl halides is 2. The maximum absolute atomic E-state index is 13.0. The van der Waals surface area contributed by atoms with Gasteiger partial charge in [-0.05, 0) is 0 Å². The van der Waals surface area contributed by atoms with Gasteiger partial charge in [-0.15, -0.1) is 0 Å². The first-order valence-electron chi connectivity index (χ1n) is 4.19. The number of hydrogen-bond donors (Lipinski definition) is 1. The molecule has 0 unspecified atom stereocenters. The molecule has 0 atom stereocenters. The van der Waals surface area contributed by atoms with Crippen molar-refractivity contribution in [1.29, 1.82) is 0 Å². The van der Waals surface area contributed by atoms with E-state index in [2.05, 4.69) is 9.72 Å². The lowest BCUT2D eigenvalue weighted by Gasteiger charge is -2.06. The van der Waals surface area contributed by atoms with Crippen LogP contribution in [0.25, 0.3) is 0 Å². The van der Waals surface area contributed by atoms with E-state index < -0.39 is 41.8 Å². The summed E-state index contributed by atoms with van der Waals surface area (Å²) >= 11 is 0. The number of pyridine rings is 1. The van der Waals surface area contributed by atoms with Gasteiger partial charge in [-0.2, -0.15) is 0 Å². The minimum absolute atomic E-state index is 0.417. The van der Waals surface area contributed by atoms with Gasteiger partial charge in [-0.3, -0.25) is 4.79 Å². The average molecular weight is 235 g/mol. The molecule has 1 rings (SSSR count). The van der Waals surface area contributed by atoms with Gasteiger partial charge in [0.1, 0.15) is 5.69 Å². The molecule has 7 heteroatoms. The highest BCUT2D eigenvalue weighted by atomic mass is 19.3. The second kappa shape index (κ2) is 4.82. The first-order valence-corrected chi connectivity index (χ1v) is 4.19. The number of carbonyl (C=O) groups is 1. The molecule has 16 heavy (non-hydrogen) atoms. The fourth-order valence-corrected chi connectivity index (χ4v) is 1.02. The lowest BCUT2D eigenvalue weighted by atomic mass is 10.2. The molecule has 4 nitrogen and oxygen atoms in total. The third-order valence-electron chi connectivity index (χ3n) is 1.80. The Hall–Kier alpha value is -1.79. The number of nitrogens with zero attached hydrogens (tertiary/aromatic N) is 1. The fourth-order valence-electron chi connectivity index (χ4n) is 1.02. The van der Waals surface area contributed by atoms with Crippen molar-refractivity contribution in [3.05, 3.63) is 23.3 Å². The monoisotopic (exact) mass is 235 g/mol. The second-order valence-electron chi connectivity index (χ2n) is 2.88. The zero-order chi connectivity index (χ0) is 12.3. The van der Waals surface area contributed by atoms with Gasteiger partial charge < -0.3 is 9.84 Å². The van der Waals surface area contributed by atoms with Crippen LogP contribution in [0.3, 0.4) is 0 Å². The van der Waals surface area contributed by atoms with Crippen molar-refractivity contribution in [2.24, 2.45) is 0 Å². The van der Waals surface area contributed by atoms with E-state index in [1.807, 2.05) is 0 Å². The van der Waals surface area contributed by atoms with Crippen molar-refractivity contribution >= 4 is 5.97 Å². The first kappa shape index (κ1) is 12.3. The Balaban J connectivity index is 3.11. The van der Waals surface area contributed by atoms with Gasteiger partial charge in [-0.1, -0.05) is 0 Å². The van der Waals surface area contributed by atoms with Crippen molar-refractivity contribution in [3.63, 3.8) is 0 Å². The number of aromatic nitrogens is 1. The Labute approximate surface area is 88.7 Å². The number of halogens is 3. The molecule has 1 aromatic rings. The van der Waals surface area contributed by atoms with Crippen molar-refractivity contribution in [2.75, 3.05) is 7.11 Å². The van der Waals surface area contributed by atoms with Gasteiger partial charge in [-0.25, -0.2) is 18.2 Å². The molecule has 1 heterocycles. The highest BCUT2D eigenvalue weighted by Gasteiger charge is 2.19. The van der Waals surface area contributed by atoms with E-state index in [-0.39, 0.29) is 0 Å². The van der Waals surface area contributed by atoms with E-state index in [0.717, 1.165) is 7.11 Å². The van der Waals surface area contributed by atoms with Crippen molar-refractivity contribution < 1.29 is 27.8 Å². The van der Waals surface area contributed by atoms with E-state index in [4.69, 9.17) is 5.11 Å². The SMILES string of the molecule is COC(=O)Cc1nc(C(F)F)cc(F)c1O. The Morgan fingerprint density at radius 3 is 2.75 bits per heavy atom. The molecule has 0 saturated carbocycles. The van der Waals surface area contributed by atoms with Gasteiger partial charge in [0.25, 0.3) is 6.43 Å². The van der Waals surface area contributed by atoms with Gasteiger partial charge in [0.05, 0.1) is 19.2 Å². The Bertz CT molecular complexity index is 409. The number of esters is 1. The van der Waals surface area contributed by atoms with Crippen LogP contribution in [0.1, 0.15) is 17.8 Å². The van der Waals surface area contributed by atoms with Gasteiger partial charge >= 0.3 is 5.97 Å². The molecule has 1 aromatic heterocycles. The van der Waals surface area contributed by atoms with Crippen LogP contribution in [0.4, 0.5) is 13.2 Å². The highest BCUT2D eigenvalue weighted by molar-refractivity contribution is 5.72. The molecular formula is C9H8F3NO3. The largest absolute Gasteiger partial charge is 0.504 e. The zero-order valence-corrected chi connectivity index (χ0v) is 8.21. The Morgan fingerprint density at radius 1 is 1.62 bits per heavy atom. The molecule has 0 aromatic carbocycles. The molecule has 88 valence electrons. The lowest BCUT2D eigenvalue weighted by molar-refractivity contribution is -0.139. The predicted octanol–water partition coefficient (Wildman–Crippen LogP) is 1.58. The van der Waals surface area contributed by atoms with Crippen LogP contribution in [0, 0.1) is 5.82 Å². The number of rotatable bonds is 3. The molecule has 0 spiro atoms. The molecular weight excluding hydrogens is 227 g/mol. The minimum atomic E-state index is -2.98. The van der Waals surface area contributed by atoms with Crippen LogP contribution >= 0.6 is 0 Å². The fraction of sp³-hybridized carbons (Fsp3) is 0.333. The molecule has 0 aliphatic rings. The average Bonchev–Trinajstić information content (AvgIpc) is 2.23. The van der Waals surface area contributed by atoms with Gasteiger partial charge in [0.2, 0.25) is 0 Å². The van der Waals surface area contributed by atoms with Crippen LogP contribution in [0.5, 0.6) is 5.75 Å². The van der Waals surface area contributed by atoms with E-state index in [1.165, 1.54) is 0 Å². The summed E-state index contributed by atoms with van der Waals surface area (Å²) in [7, 11) is 1.08. The summed E-state index contributed by atoms with van der Waals surface area (Å²) in [5, 5.41) is 9.16. The molecule has 1 N–H and O–H groups in total. The van der Waals surface area contributed by atoms with Crippen LogP contribution in [0.15, 0.2) is 6.07 Å². The topological polar surface area (TPSA) is 59.4 Å². The Kier molecular flexibility index (Phi) is 3.70. The van der Waals surface area contributed by atoms with Crippen molar-refractivity contribution in [3.8, 4) is 5.75 Å². The molecule has 0 aliphatic heterocycles. The zero-order valence-electron chi connectivity index (χ0n) is 8.21. The normalized spacial score (nSPS) is 10.6. The summed E-state index contributed by atoms with van der Waals surface area (Å²) < 4.78 is 41.7.